The van der Waals surface area contributed by atoms with Crippen molar-refractivity contribution in [3.63, 3.8) is 0 Å². The molecule has 0 aliphatic carbocycles. The molecule has 0 radical (unpaired) electrons. The summed E-state index contributed by atoms with van der Waals surface area (Å²) in [5, 5.41) is 6.89. The number of alkyl halides is 1. The van der Waals surface area contributed by atoms with Crippen LogP contribution in [-0.4, -0.2) is 21.6 Å². The smallest absolute Gasteiger partial charge is 0.225 e. The summed E-state index contributed by atoms with van der Waals surface area (Å²) in [6.45, 7) is 1.88. The van der Waals surface area contributed by atoms with E-state index in [1.165, 1.54) is 0 Å². The van der Waals surface area contributed by atoms with E-state index in [4.69, 9.17) is 11.6 Å². The highest BCUT2D eigenvalue weighted by molar-refractivity contribution is 6.18. The maximum Gasteiger partial charge on any atom is 0.225 e. The molecule has 1 aromatic rings. The van der Waals surface area contributed by atoms with Crippen LogP contribution in [0.3, 0.4) is 0 Å². The molecule has 0 saturated carbocycles. The van der Waals surface area contributed by atoms with Gasteiger partial charge in [-0.1, -0.05) is 0 Å². The summed E-state index contributed by atoms with van der Waals surface area (Å²) in [6, 6.07) is 1.83. The molecule has 5 heteroatoms. The van der Waals surface area contributed by atoms with Gasteiger partial charge in [0.15, 0.2) is 0 Å². The number of rotatable bonds is 4. The lowest BCUT2D eigenvalue weighted by Gasteiger charge is -2.03. The van der Waals surface area contributed by atoms with E-state index < -0.39 is 0 Å². The van der Waals surface area contributed by atoms with Crippen molar-refractivity contribution in [2.24, 2.45) is 7.05 Å². The fourth-order valence-electron chi connectivity index (χ4n) is 1.16. The zero-order valence-corrected chi connectivity index (χ0v) is 9.14. The minimum atomic E-state index is -0.0198. The number of aryl methyl sites for hydroxylation is 2. The van der Waals surface area contributed by atoms with Crippen LogP contribution in [0.5, 0.6) is 0 Å². The van der Waals surface area contributed by atoms with Crippen LogP contribution in [0.25, 0.3) is 0 Å². The van der Waals surface area contributed by atoms with Crippen molar-refractivity contribution in [3.8, 4) is 0 Å². The van der Waals surface area contributed by atoms with Gasteiger partial charge in [0, 0.05) is 25.4 Å². The topological polar surface area (TPSA) is 46.9 Å². The Bertz CT molecular complexity index is 322. The Morgan fingerprint density at radius 1 is 1.71 bits per heavy atom. The Kier molecular flexibility index (Phi) is 3.95. The molecule has 1 amide bonds. The highest BCUT2D eigenvalue weighted by atomic mass is 35.5. The number of halogens is 1. The SMILES string of the molecule is Cc1cc(NC(=O)CCCCl)n(C)n1. The number of anilines is 1. The molecule has 0 spiro atoms. The molecule has 1 N–H and O–H groups in total. The van der Waals surface area contributed by atoms with Gasteiger partial charge in [-0.2, -0.15) is 5.10 Å². The van der Waals surface area contributed by atoms with Crippen LogP contribution in [0.1, 0.15) is 18.5 Å². The molecule has 78 valence electrons. The largest absolute Gasteiger partial charge is 0.311 e. The van der Waals surface area contributed by atoms with E-state index >= 15 is 0 Å². The number of carbonyl (C=O) groups excluding carboxylic acids is 1. The zero-order chi connectivity index (χ0) is 10.6. The Labute approximate surface area is 88.2 Å². The standard InChI is InChI=1S/C9H14ClN3O/c1-7-6-8(13(2)12-7)11-9(14)4-3-5-10/h6H,3-5H2,1-2H3,(H,11,14). The van der Waals surface area contributed by atoms with Gasteiger partial charge in [0.05, 0.1) is 5.69 Å². The lowest BCUT2D eigenvalue weighted by atomic mass is 10.3. The van der Waals surface area contributed by atoms with E-state index in [9.17, 15) is 4.79 Å². The Balaban J connectivity index is 2.51. The molecule has 0 aromatic carbocycles. The maximum absolute atomic E-state index is 11.3. The van der Waals surface area contributed by atoms with Crippen molar-refractivity contribution in [2.45, 2.75) is 19.8 Å². The summed E-state index contributed by atoms with van der Waals surface area (Å²) in [5.41, 5.74) is 0.889. The van der Waals surface area contributed by atoms with Crippen LogP contribution in [0, 0.1) is 6.92 Å². The minimum absolute atomic E-state index is 0.0198. The minimum Gasteiger partial charge on any atom is -0.311 e. The van der Waals surface area contributed by atoms with Crippen LogP contribution < -0.4 is 5.32 Å². The average molecular weight is 216 g/mol. The highest BCUT2D eigenvalue weighted by Crippen LogP contribution is 2.08. The Hall–Kier alpha value is -1.03. The molecule has 0 fully saturated rings. The molecule has 1 aromatic heterocycles. The van der Waals surface area contributed by atoms with Crippen LogP contribution in [0.15, 0.2) is 6.07 Å². The van der Waals surface area contributed by atoms with E-state index in [-0.39, 0.29) is 5.91 Å². The van der Waals surface area contributed by atoms with Gasteiger partial charge in [-0.3, -0.25) is 9.48 Å². The van der Waals surface area contributed by atoms with Crippen molar-refractivity contribution in [3.05, 3.63) is 11.8 Å². The number of hydrogen-bond donors (Lipinski definition) is 1. The van der Waals surface area contributed by atoms with E-state index in [1.54, 1.807) is 11.7 Å². The molecule has 14 heavy (non-hydrogen) atoms. The maximum atomic E-state index is 11.3. The van der Waals surface area contributed by atoms with Gasteiger partial charge in [-0.05, 0) is 13.3 Å². The fraction of sp³-hybridized carbons (Fsp3) is 0.556. The number of aromatic nitrogens is 2. The zero-order valence-electron chi connectivity index (χ0n) is 8.38. The molecule has 0 aliphatic heterocycles. The summed E-state index contributed by atoms with van der Waals surface area (Å²) in [4.78, 5) is 11.3. The molecular formula is C9H14ClN3O. The summed E-state index contributed by atoms with van der Waals surface area (Å²) in [5.74, 6) is 1.22. The Morgan fingerprint density at radius 3 is 2.93 bits per heavy atom. The third-order valence-corrected chi connectivity index (χ3v) is 2.07. The van der Waals surface area contributed by atoms with Crippen LogP contribution in [0.2, 0.25) is 0 Å². The fourth-order valence-corrected chi connectivity index (χ4v) is 1.29. The average Bonchev–Trinajstić information content (AvgIpc) is 2.42. The number of nitrogens with zero attached hydrogens (tertiary/aromatic N) is 2. The van der Waals surface area contributed by atoms with Crippen LogP contribution in [0.4, 0.5) is 5.82 Å². The monoisotopic (exact) mass is 215 g/mol. The highest BCUT2D eigenvalue weighted by Gasteiger charge is 2.05. The van der Waals surface area contributed by atoms with Gasteiger partial charge in [-0.25, -0.2) is 0 Å². The predicted octanol–water partition coefficient (Wildman–Crippen LogP) is 1.69. The number of nitrogens with one attached hydrogen (secondary N) is 1. The normalized spacial score (nSPS) is 10.2. The van der Waals surface area contributed by atoms with Gasteiger partial charge in [0.1, 0.15) is 5.82 Å². The Morgan fingerprint density at radius 2 is 2.43 bits per heavy atom. The van der Waals surface area contributed by atoms with Crippen LogP contribution in [-0.2, 0) is 11.8 Å². The lowest BCUT2D eigenvalue weighted by molar-refractivity contribution is -0.116. The van der Waals surface area contributed by atoms with Gasteiger partial charge in [0.25, 0.3) is 0 Å². The van der Waals surface area contributed by atoms with Crippen molar-refractivity contribution < 1.29 is 4.79 Å². The van der Waals surface area contributed by atoms with Crippen molar-refractivity contribution in [1.29, 1.82) is 0 Å². The molecular weight excluding hydrogens is 202 g/mol. The predicted molar refractivity (Wildman–Crippen MR) is 56.5 cm³/mol. The van der Waals surface area contributed by atoms with E-state index in [2.05, 4.69) is 10.4 Å². The molecule has 0 unspecified atom stereocenters. The van der Waals surface area contributed by atoms with Crippen LogP contribution >= 0.6 is 11.6 Å². The number of carbonyl (C=O) groups is 1. The summed E-state index contributed by atoms with van der Waals surface area (Å²) < 4.78 is 1.65. The number of amides is 1. The molecule has 4 nitrogen and oxygen atoms in total. The lowest BCUT2D eigenvalue weighted by Crippen LogP contribution is -2.14. The van der Waals surface area contributed by atoms with Gasteiger partial charge in [-0.15, -0.1) is 11.6 Å². The second kappa shape index (κ2) is 5.00. The summed E-state index contributed by atoms with van der Waals surface area (Å²) in [6.07, 6.45) is 1.15. The van der Waals surface area contributed by atoms with Gasteiger partial charge < -0.3 is 5.32 Å². The van der Waals surface area contributed by atoms with E-state index in [0.717, 1.165) is 11.5 Å². The summed E-state index contributed by atoms with van der Waals surface area (Å²) >= 11 is 5.49. The second-order valence-electron chi connectivity index (χ2n) is 3.14. The van der Waals surface area contributed by atoms with Crippen molar-refractivity contribution in [1.82, 2.24) is 9.78 Å². The van der Waals surface area contributed by atoms with E-state index in [1.807, 2.05) is 13.0 Å². The number of hydrogen-bond acceptors (Lipinski definition) is 2. The first-order chi connectivity index (χ1) is 6.63. The third kappa shape index (κ3) is 3.03. The first-order valence-electron chi connectivity index (χ1n) is 4.50. The molecule has 0 aliphatic rings. The molecule has 1 rings (SSSR count). The van der Waals surface area contributed by atoms with Gasteiger partial charge >= 0.3 is 0 Å². The molecule has 0 bridgehead atoms. The van der Waals surface area contributed by atoms with Gasteiger partial charge in [0.2, 0.25) is 5.91 Å². The first-order valence-corrected chi connectivity index (χ1v) is 5.03. The van der Waals surface area contributed by atoms with Crippen molar-refractivity contribution in [2.75, 3.05) is 11.2 Å². The first kappa shape index (κ1) is 11.0. The summed E-state index contributed by atoms with van der Waals surface area (Å²) in [7, 11) is 1.80. The quantitative estimate of drug-likeness (QED) is 0.777. The van der Waals surface area contributed by atoms with Crippen molar-refractivity contribution >= 4 is 23.3 Å². The third-order valence-electron chi connectivity index (χ3n) is 1.81. The van der Waals surface area contributed by atoms with E-state index in [0.29, 0.717) is 18.7 Å². The molecule has 1 heterocycles. The second-order valence-corrected chi connectivity index (χ2v) is 3.51. The molecule has 0 atom stereocenters. The molecule has 0 saturated heterocycles.